The topological polar surface area (TPSA) is 63.4 Å². The number of halogens is 1. The molecule has 2 amide bonds. The quantitative estimate of drug-likeness (QED) is 0.439. The summed E-state index contributed by atoms with van der Waals surface area (Å²) in [7, 11) is 0. The number of amides is 2. The average molecular weight is 389 g/mol. The zero-order valence-electron chi connectivity index (χ0n) is 14.8. The number of fused-ring (bicyclic) bond motifs is 2. The minimum Gasteiger partial charge on any atom is -0.436 e. The summed E-state index contributed by atoms with van der Waals surface area (Å²) < 4.78 is 5.82. The Morgan fingerprint density at radius 3 is 2.36 bits per heavy atom. The second kappa shape index (κ2) is 6.04. The number of carbonyl (C=O) groups is 2. The highest BCUT2D eigenvalue weighted by Crippen LogP contribution is 2.34. The molecule has 0 bridgehead atoms. The predicted octanol–water partition coefficient (Wildman–Crippen LogP) is 5.26. The fourth-order valence-corrected chi connectivity index (χ4v) is 3.58. The zero-order chi connectivity index (χ0) is 19.4. The van der Waals surface area contributed by atoms with Crippen LogP contribution in [0, 0.1) is 6.92 Å². The SMILES string of the molecule is Cc1ccc(-c2nc3cc(Cl)ccc3o2)cc1N1C(=O)c2ccccc2C1=O. The summed E-state index contributed by atoms with van der Waals surface area (Å²) in [5.41, 5.74) is 4.07. The summed E-state index contributed by atoms with van der Waals surface area (Å²) in [5.74, 6) is -0.259. The lowest BCUT2D eigenvalue weighted by molar-refractivity contribution is 0.0926. The fourth-order valence-electron chi connectivity index (χ4n) is 3.42. The number of nitrogens with zero attached hydrogens (tertiary/aromatic N) is 2. The van der Waals surface area contributed by atoms with Gasteiger partial charge in [0.15, 0.2) is 5.58 Å². The van der Waals surface area contributed by atoms with Crippen LogP contribution in [0.25, 0.3) is 22.6 Å². The summed E-state index contributed by atoms with van der Waals surface area (Å²) in [6, 6.07) is 17.5. The molecule has 136 valence electrons. The summed E-state index contributed by atoms with van der Waals surface area (Å²) in [4.78, 5) is 31.4. The summed E-state index contributed by atoms with van der Waals surface area (Å²) in [5, 5.41) is 0.572. The van der Waals surface area contributed by atoms with E-state index in [9.17, 15) is 9.59 Å². The highest BCUT2D eigenvalue weighted by atomic mass is 35.5. The molecule has 1 aliphatic heterocycles. The number of aryl methyl sites for hydroxylation is 1. The Balaban J connectivity index is 1.62. The van der Waals surface area contributed by atoms with Gasteiger partial charge in [0.2, 0.25) is 5.89 Å². The maximum atomic E-state index is 12.8. The maximum absolute atomic E-state index is 12.8. The van der Waals surface area contributed by atoms with E-state index in [-0.39, 0.29) is 11.8 Å². The predicted molar refractivity (Wildman–Crippen MR) is 107 cm³/mol. The molecule has 0 fully saturated rings. The summed E-state index contributed by atoms with van der Waals surface area (Å²) in [6.45, 7) is 1.86. The van der Waals surface area contributed by atoms with Crippen molar-refractivity contribution in [3.05, 3.63) is 82.4 Å². The summed E-state index contributed by atoms with van der Waals surface area (Å²) in [6.07, 6.45) is 0. The van der Waals surface area contributed by atoms with Crippen molar-refractivity contribution < 1.29 is 14.0 Å². The van der Waals surface area contributed by atoms with Gasteiger partial charge in [-0.15, -0.1) is 0 Å². The molecular formula is C22H13ClN2O3. The van der Waals surface area contributed by atoms with Gasteiger partial charge in [-0.25, -0.2) is 9.88 Å². The second-order valence-corrected chi connectivity index (χ2v) is 7.06. The first kappa shape index (κ1) is 16.7. The van der Waals surface area contributed by atoms with Crippen LogP contribution in [0.1, 0.15) is 26.3 Å². The third-order valence-corrected chi connectivity index (χ3v) is 5.08. The van der Waals surface area contributed by atoms with Gasteiger partial charge >= 0.3 is 0 Å². The minimum absolute atomic E-state index is 0.329. The Bertz CT molecular complexity index is 1260. The molecule has 4 aromatic rings. The number of benzene rings is 3. The number of imide groups is 1. The Kier molecular flexibility index (Phi) is 3.60. The number of carbonyl (C=O) groups excluding carboxylic acids is 2. The van der Waals surface area contributed by atoms with Gasteiger partial charge in [0.1, 0.15) is 5.52 Å². The van der Waals surface area contributed by atoms with Crippen molar-refractivity contribution >= 4 is 40.2 Å². The maximum Gasteiger partial charge on any atom is 0.266 e. The molecule has 0 saturated carbocycles. The van der Waals surface area contributed by atoms with Crippen LogP contribution in [-0.4, -0.2) is 16.8 Å². The largest absolute Gasteiger partial charge is 0.436 e. The van der Waals surface area contributed by atoms with E-state index in [1.54, 1.807) is 48.5 Å². The van der Waals surface area contributed by atoms with Gasteiger partial charge in [-0.2, -0.15) is 0 Å². The van der Waals surface area contributed by atoms with Crippen LogP contribution in [0.4, 0.5) is 5.69 Å². The van der Waals surface area contributed by atoms with E-state index in [0.717, 1.165) is 5.56 Å². The van der Waals surface area contributed by atoms with E-state index in [1.807, 2.05) is 19.1 Å². The van der Waals surface area contributed by atoms with Crippen molar-refractivity contribution in [1.29, 1.82) is 0 Å². The van der Waals surface area contributed by atoms with E-state index in [4.69, 9.17) is 16.0 Å². The first-order chi connectivity index (χ1) is 13.5. The van der Waals surface area contributed by atoms with Crippen LogP contribution >= 0.6 is 11.6 Å². The highest BCUT2D eigenvalue weighted by Gasteiger charge is 2.37. The van der Waals surface area contributed by atoms with Crippen LogP contribution in [0.5, 0.6) is 0 Å². The van der Waals surface area contributed by atoms with Crippen molar-refractivity contribution in [2.24, 2.45) is 0 Å². The molecule has 28 heavy (non-hydrogen) atoms. The Morgan fingerprint density at radius 1 is 0.929 bits per heavy atom. The van der Waals surface area contributed by atoms with Gasteiger partial charge in [-0.3, -0.25) is 9.59 Å². The second-order valence-electron chi connectivity index (χ2n) is 6.62. The van der Waals surface area contributed by atoms with E-state index < -0.39 is 0 Å². The molecule has 5 nitrogen and oxygen atoms in total. The first-order valence-electron chi connectivity index (χ1n) is 8.68. The van der Waals surface area contributed by atoms with E-state index in [2.05, 4.69) is 4.98 Å². The number of oxazole rings is 1. The van der Waals surface area contributed by atoms with Crippen LogP contribution < -0.4 is 4.90 Å². The molecule has 0 N–H and O–H groups in total. The van der Waals surface area contributed by atoms with Gasteiger partial charge in [0.25, 0.3) is 11.8 Å². The molecule has 6 heteroatoms. The normalized spacial score (nSPS) is 13.4. The van der Waals surface area contributed by atoms with Crippen molar-refractivity contribution in [3.63, 3.8) is 0 Å². The van der Waals surface area contributed by atoms with Gasteiger partial charge in [0, 0.05) is 10.6 Å². The Morgan fingerprint density at radius 2 is 1.64 bits per heavy atom. The number of rotatable bonds is 2. The fraction of sp³-hybridized carbons (Fsp3) is 0.0455. The van der Waals surface area contributed by atoms with Gasteiger partial charge in [0.05, 0.1) is 16.8 Å². The molecule has 0 atom stereocenters. The lowest BCUT2D eigenvalue weighted by Gasteiger charge is -2.17. The zero-order valence-corrected chi connectivity index (χ0v) is 15.5. The van der Waals surface area contributed by atoms with Crippen molar-refractivity contribution in [2.75, 3.05) is 4.90 Å². The third-order valence-electron chi connectivity index (χ3n) is 4.84. The van der Waals surface area contributed by atoms with E-state index >= 15 is 0 Å². The lowest BCUT2D eigenvalue weighted by Crippen LogP contribution is -2.30. The monoisotopic (exact) mass is 388 g/mol. The molecule has 5 rings (SSSR count). The summed E-state index contributed by atoms with van der Waals surface area (Å²) >= 11 is 6.02. The molecule has 0 unspecified atom stereocenters. The number of aromatic nitrogens is 1. The molecule has 0 spiro atoms. The molecule has 1 aromatic heterocycles. The standard InChI is InChI=1S/C22H13ClN2O3/c1-12-6-7-13(20-24-17-11-14(23)8-9-19(17)28-20)10-18(12)25-21(26)15-4-2-3-5-16(15)22(25)27/h2-11H,1H3. The molecule has 1 aliphatic rings. The van der Waals surface area contributed by atoms with Crippen LogP contribution in [0.2, 0.25) is 5.02 Å². The van der Waals surface area contributed by atoms with Crippen molar-refractivity contribution in [2.45, 2.75) is 6.92 Å². The molecule has 0 saturated heterocycles. The molecular weight excluding hydrogens is 376 g/mol. The lowest BCUT2D eigenvalue weighted by atomic mass is 10.1. The van der Waals surface area contributed by atoms with Crippen LogP contribution in [0.3, 0.4) is 0 Å². The van der Waals surface area contributed by atoms with Crippen molar-refractivity contribution in [1.82, 2.24) is 4.98 Å². The van der Waals surface area contributed by atoms with E-state index in [0.29, 0.717) is 44.4 Å². The number of anilines is 1. The third kappa shape index (κ3) is 2.44. The van der Waals surface area contributed by atoms with Gasteiger partial charge in [-0.05, 0) is 55.0 Å². The Labute approximate surface area is 165 Å². The van der Waals surface area contributed by atoms with E-state index in [1.165, 1.54) is 4.90 Å². The smallest absolute Gasteiger partial charge is 0.266 e. The molecule has 0 aliphatic carbocycles. The van der Waals surface area contributed by atoms with Gasteiger partial charge < -0.3 is 4.42 Å². The van der Waals surface area contributed by atoms with Crippen LogP contribution in [-0.2, 0) is 0 Å². The van der Waals surface area contributed by atoms with Crippen molar-refractivity contribution in [3.8, 4) is 11.5 Å². The van der Waals surface area contributed by atoms with Crippen LogP contribution in [0.15, 0.2) is 65.1 Å². The Hall–Kier alpha value is -3.44. The average Bonchev–Trinajstić information content (AvgIpc) is 3.22. The first-order valence-corrected chi connectivity index (χ1v) is 9.05. The number of hydrogen-bond acceptors (Lipinski definition) is 4. The highest BCUT2D eigenvalue weighted by molar-refractivity contribution is 6.34. The molecule has 3 aromatic carbocycles. The molecule has 2 heterocycles. The van der Waals surface area contributed by atoms with Gasteiger partial charge in [-0.1, -0.05) is 29.8 Å². The molecule has 0 radical (unpaired) electrons. The minimum atomic E-state index is -0.329. The number of hydrogen-bond donors (Lipinski definition) is 0.